The number of halogens is 6. The number of ether oxygens (including phenoxy) is 1. The molecule has 1 N–H and O–H groups in total. The number of rotatable bonds is 4. The lowest BCUT2D eigenvalue weighted by Crippen LogP contribution is -2.19. The summed E-state index contributed by atoms with van der Waals surface area (Å²) in [5, 5.41) is 8.57. The third kappa shape index (κ3) is 4.76. The molecule has 0 amide bonds. The summed E-state index contributed by atoms with van der Waals surface area (Å²) in [6.45, 7) is 0. The number of hydrogen-bond donors (Lipinski definition) is 1. The molecule has 0 saturated carbocycles. The Morgan fingerprint density at radius 2 is 2.05 bits per heavy atom. The Balaban J connectivity index is 3.26. The average molecular weight is 397 g/mol. The van der Waals surface area contributed by atoms with Crippen molar-refractivity contribution in [1.82, 2.24) is 4.98 Å². The van der Waals surface area contributed by atoms with Crippen molar-refractivity contribution >= 4 is 28.6 Å². The SMILES string of the molecule is O=C(O)Cc1cc(OC(F)(F)F)nc(C(F)F)c1I. The quantitative estimate of drug-likeness (QED) is 0.627. The van der Waals surface area contributed by atoms with Crippen molar-refractivity contribution in [3.8, 4) is 5.88 Å². The number of aliphatic carboxylic acids is 1. The van der Waals surface area contributed by atoms with Crippen LogP contribution in [-0.4, -0.2) is 22.4 Å². The van der Waals surface area contributed by atoms with E-state index >= 15 is 0 Å². The highest BCUT2D eigenvalue weighted by atomic mass is 127. The number of alkyl halides is 5. The number of aromatic nitrogens is 1. The molecular formula is C9H5F5INO3. The Bertz CT molecular complexity index is 491. The molecule has 1 aromatic heterocycles. The van der Waals surface area contributed by atoms with E-state index in [1.807, 2.05) is 0 Å². The van der Waals surface area contributed by atoms with Gasteiger partial charge in [0.1, 0.15) is 5.69 Å². The topological polar surface area (TPSA) is 59.4 Å². The second kappa shape index (κ2) is 5.84. The minimum atomic E-state index is -5.10. The van der Waals surface area contributed by atoms with Crippen LogP contribution in [-0.2, 0) is 11.2 Å². The molecule has 1 heterocycles. The zero-order chi connectivity index (χ0) is 14.8. The smallest absolute Gasteiger partial charge is 0.481 e. The molecule has 106 valence electrons. The van der Waals surface area contributed by atoms with Gasteiger partial charge in [0.25, 0.3) is 6.43 Å². The molecule has 10 heteroatoms. The van der Waals surface area contributed by atoms with Crippen LogP contribution in [0, 0.1) is 3.57 Å². The van der Waals surface area contributed by atoms with Crippen molar-refractivity contribution in [3.63, 3.8) is 0 Å². The lowest BCUT2D eigenvalue weighted by molar-refractivity contribution is -0.276. The van der Waals surface area contributed by atoms with E-state index in [0.717, 1.165) is 0 Å². The molecule has 0 aliphatic carbocycles. The van der Waals surface area contributed by atoms with E-state index in [0.29, 0.717) is 6.07 Å². The van der Waals surface area contributed by atoms with Crippen LogP contribution in [0.2, 0.25) is 0 Å². The summed E-state index contributed by atoms with van der Waals surface area (Å²) in [4.78, 5) is 13.6. The van der Waals surface area contributed by atoms with Gasteiger partial charge in [-0.15, -0.1) is 13.2 Å². The molecule has 0 fully saturated rings. The van der Waals surface area contributed by atoms with E-state index in [4.69, 9.17) is 5.11 Å². The van der Waals surface area contributed by atoms with Crippen LogP contribution >= 0.6 is 22.6 Å². The summed E-state index contributed by atoms with van der Waals surface area (Å²) in [5.41, 5.74) is -1.17. The molecule has 1 rings (SSSR count). The molecule has 0 bridgehead atoms. The van der Waals surface area contributed by atoms with Crippen LogP contribution < -0.4 is 4.74 Å². The second-order valence-electron chi connectivity index (χ2n) is 3.24. The summed E-state index contributed by atoms with van der Waals surface area (Å²) in [5.74, 6) is -2.48. The van der Waals surface area contributed by atoms with Crippen molar-refractivity contribution < 1.29 is 36.6 Å². The summed E-state index contributed by atoms with van der Waals surface area (Å²) in [6, 6.07) is 0.676. The molecular weight excluding hydrogens is 392 g/mol. The molecule has 19 heavy (non-hydrogen) atoms. The van der Waals surface area contributed by atoms with Crippen molar-refractivity contribution in [2.75, 3.05) is 0 Å². The minimum Gasteiger partial charge on any atom is -0.481 e. The van der Waals surface area contributed by atoms with Crippen LogP contribution in [0.4, 0.5) is 22.0 Å². The maximum atomic E-state index is 12.6. The number of carboxylic acid groups (broad SMARTS) is 1. The molecule has 1 aromatic rings. The first kappa shape index (κ1) is 15.9. The van der Waals surface area contributed by atoms with Crippen LogP contribution in [0.15, 0.2) is 6.07 Å². The maximum absolute atomic E-state index is 12.6. The first-order valence-electron chi connectivity index (χ1n) is 4.55. The third-order valence-corrected chi connectivity index (χ3v) is 3.05. The van der Waals surface area contributed by atoms with Crippen molar-refractivity contribution in [2.45, 2.75) is 19.2 Å². The van der Waals surface area contributed by atoms with Gasteiger partial charge in [0.05, 0.1) is 6.42 Å². The molecule has 0 aromatic carbocycles. The lowest BCUT2D eigenvalue weighted by atomic mass is 10.1. The fourth-order valence-corrected chi connectivity index (χ4v) is 1.89. The van der Waals surface area contributed by atoms with Gasteiger partial charge in [0.2, 0.25) is 5.88 Å². The monoisotopic (exact) mass is 397 g/mol. The first-order valence-corrected chi connectivity index (χ1v) is 5.63. The van der Waals surface area contributed by atoms with E-state index in [9.17, 15) is 26.7 Å². The lowest BCUT2D eigenvalue weighted by Gasteiger charge is -2.13. The van der Waals surface area contributed by atoms with Crippen LogP contribution in [0.5, 0.6) is 5.88 Å². The Morgan fingerprint density at radius 3 is 2.47 bits per heavy atom. The first-order chi connectivity index (χ1) is 8.60. The fourth-order valence-electron chi connectivity index (χ4n) is 1.18. The average Bonchev–Trinajstić information content (AvgIpc) is 2.19. The summed E-state index contributed by atoms with van der Waals surface area (Å²) in [7, 11) is 0. The summed E-state index contributed by atoms with van der Waals surface area (Å²) in [6.07, 6.45) is -8.95. The summed E-state index contributed by atoms with van der Waals surface area (Å²) >= 11 is 1.40. The Hall–Kier alpha value is -1.20. The van der Waals surface area contributed by atoms with Crippen LogP contribution in [0.1, 0.15) is 17.7 Å². The minimum absolute atomic E-state index is 0.204. The van der Waals surface area contributed by atoms with Crippen LogP contribution in [0.25, 0.3) is 0 Å². The van der Waals surface area contributed by atoms with Gasteiger partial charge in [-0.3, -0.25) is 4.79 Å². The number of carboxylic acids is 1. The van der Waals surface area contributed by atoms with E-state index < -0.39 is 36.8 Å². The van der Waals surface area contributed by atoms with Crippen LogP contribution in [0.3, 0.4) is 0 Å². The van der Waals surface area contributed by atoms with Gasteiger partial charge in [-0.05, 0) is 28.2 Å². The van der Waals surface area contributed by atoms with Crippen molar-refractivity contribution in [3.05, 3.63) is 20.9 Å². The molecule has 0 spiro atoms. The zero-order valence-electron chi connectivity index (χ0n) is 8.84. The number of hydrogen-bond acceptors (Lipinski definition) is 3. The van der Waals surface area contributed by atoms with Gasteiger partial charge in [0.15, 0.2) is 0 Å². The molecule has 0 radical (unpaired) electrons. The maximum Gasteiger partial charge on any atom is 0.574 e. The predicted octanol–water partition coefficient (Wildman–Crippen LogP) is 3.15. The fraction of sp³-hybridized carbons (Fsp3) is 0.333. The van der Waals surface area contributed by atoms with Crippen molar-refractivity contribution in [2.24, 2.45) is 0 Å². The molecule has 0 aliphatic rings. The van der Waals surface area contributed by atoms with E-state index in [1.54, 1.807) is 0 Å². The second-order valence-corrected chi connectivity index (χ2v) is 4.32. The molecule has 0 saturated heterocycles. The summed E-state index contributed by atoms with van der Waals surface area (Å²) < 4.78 is 64.4. The number of nitrogens with zero attached hydrogens (tertiary/aromatic N) is 1. The van der Waals surface area contributed by atoms with Crippen molar-refractivity contribution in [1.29, 1.82) is 0 Å². The van der Waals surface area contributed by atoms with Gasteiger partial charge in [-0.2, -0.15) is 0 Å². The van der Waals surface area contributed by atoms with E-state index in [-0.39, 0.29) is 9.13 Å². The highest BCUT2D eigenvalue weighted by Gasteiger charge is 2.33. The molecule has 0 aliphatic heterocycles. The van der Waals surface area contributed by atoms with E-state index in [1.165, 1.54) is 22.6 Å². The highest BCUT2D eigenvalue weighted by Crippen LogP contribution is 2.30. The van der Waals surface area contributed by atoms with Gasteiger partial charge >= 0.3 is 12.3 Å². The molecule has 0 unspecified atom stereocenters. The zero-order valence-corrected chi connectivity index (χ0v) is 11.0. The van der Waals surface area contributed by atoms with Gasteiger partial charge in [0, 0.05) is 9.64 Å². The van der Waals surface area contributed by atoms with E-state index in [2.05, 4.69) is 9.72 Å². The Morgan fingerprint density at radius 1 is 1.47 bits per heavy atom. The number of pyridine rings is 1. The van der Waals surface area contributed by atoms with Gasteiger partial charge < -0.3 is 9.84 Å². The highest BCUT2D eigenvalue weighted by molar-refractivity contribution is 14.1. The third-order valence-electron chi connectivity index (χ3n) is 1.80. The molecule has 4 nitrogen and oxygen atoms in total. The van der Waals surface area contributed by atoms with Gasteiger partial charge in [-0.1, -0.05) is 0 Å². The largest absolute Gasteiger partial charge is 0.574 e. The predicted molar refractivity (Wildman–Crippen MR) is 59.9 cm³/mol. The number of carbonyl (C=O) groups is 1. The van der Waals surface area contributed by atoms with Gasteiger partial charge in [-0.25, -0.2) is 13.8 Å². The standard InChI is InChI=1S/C9H5F5INO3/c10-8(11)7-6(15)3(2-5(17)18)1-4(16-7)19-9(12,13)14/h1,8H,2H2,(H,17,18). The molecule has 0 atom stereocenters. The Kier molecular flexibility index (Phi) is 4.87. The normalized spacial score (nSPS) is 11.7. The Labute approximate surface area is 116 Å².